The molecule has 0 aromatic carbocycles. The molecule has 72 valence electrons. The summed E-state index contributed by atoms with van der Waals surface area (Å²) in [6.07, 6.45) is 0.902. The fourth-order valence-electron chi connectivity index (χ4n) is 1.21. The fourth-order valence-corrected chi connectivity index (χ4v) is 1.21. The van der Waals surface area contributed by atoms with Gasteiger partial charge < -0.3 is 15.2 Å². The molecule has 1 aliphatic carbocycles. The minimum absolute atomic E-state index is 0.349. The third-order valence-corrected chi connectivity index (χ3v) is 2.24. The van der Waals surface area contributed by atoms with E-state index in [1.165, 1.54) is 6.42 Å². The molecule has 0 aromatic rings. The highest BCUT2D eigenvalue weighted by molar-refractivity contribution is 4.89. The van der Waals surface area contributed by atoms with Crippen LogP contribution in [-0.2, 0) is 4.74 Å². The quantitative estimate of drug-likeness (QED) is 0.610. The van der Waals surface area contributed by atoms with Crippen molar-refractivity contribution in [1.29, 1.82) is 0 Å². The van der Waals surface area contributed by atoms with Crippen molar-refractivity contribution in [3.05, 3.63) is 0 Å². The van der Waals surface area contributed by atoms with Crippen LogP contribution in [0.2, 0.25) is 0 Å². The van der Waals surface area contributed by atoms with Crippen LogP contribution >= 0.6 is 0 Å². The number of hydrogen-bond acceptors (Lipinski definition) is 3. The van der Waals surface area contributed by atoms with Crippen LogP contribution in [0.3, 0.4) is 0 Å². The van der Waals surface area contributed by atoms with Crippen LogP contribution in [-0.4, -0.2) is 37.0 Å². The molecule has 3 heteroatoms. The highest BCUT2D eigenvalue weighted by Gasteiger charge is 2.31. The Labute approximate surface area is 74.1 Å². The Morgan fingerprint density at radius 2 is 2.33 bits per heavy atom. The first-order valence-corrected chi connectivity index (χ1v) is 4.73. The van der Waals surface area contributed by atoms with E-state index in [4.69, 9.17) is 4.74 Å². The second kappa shape index (κ2) is 4.80. The van der Waals surface area contributed by atoms with E-state index in [0.717, 1.165) is 5.92 Å². The van der Waals surface area contributed by atoms with Crippen LogP contribution in [0.15, 0.2) is 0 Å². The lowest BCUT2D eigenvalue weighted by Gasteiger charge is -2.10. The summed E-state index contributed by atoms with van der Waals surface area (Å²) >= 11 is 0. The summed E-state index contributed by atoms with van der Waals surface area (Å²) in [7, 11) is 0. The number of nitrogens with one attached hydrogen (secondary N) is 1. The molecule has 1 aliphatic rings. The first-order chi connectivity index (χ1) is 5.74. The van der Waals surface area contributed by atoms with E-state index in [1.54, 1.807) is 0 Å². The standard InChI is InChI=1S/C9H19NO2/c1-3-12-6-8(11)5-10-9-4-7(9)2/h7-11H,3-6H2,1-2H3. The monoisotopic (exact) mass is 173 g/mol. The van der Waals surface area contributed by atoms with E-state index in [0.29, 0.717) is 25.8 Å². The van der Waals surface area contributed by atoms with Crippen LogP contribution < -0.4 is 5.32 Å². The molecule has 3 unspecified atom stereocenters. The molecule has 0 heterocycles. The lowest BCUT2D eigenvalue weighted by molar-refractivity contribution is 0.0425. The van der Waals surface area contributed by atoms with Gasteiger partial charge in [0.1, 0.15) is 0 Å². The molecule has 0 spiro atoms. The van der Waals surface area contributed by atoms with Gasteiger partial charge in [0.05, 0.1) is 12.7 Å². The molecule has 0 aromatic heterocycles. The van der Waals surface area contributed by atoms with E-state index in [1.807, 2.05) is 6.92 Å². The molecule has 3 nitrogen and oxygen atoms in total. The Kier molecular flexibility index (Phi) is 3.98. The maximum Gasteiger partial charge on any atom is 0.0897 e. The van der Waals surface area contributed by atoms with Crippen molar-refractivity contribution >= 4 is 0 Å². The van der Waals surface area contributed by atoms with E-state index in [9.17, 15) is 5.11 Å². The summed E-state index contributed by atoms with van der Waals surface area (Å²) in [5.74, 6) is 0.796. The molecular weight excluding hydrogens is 154 g/mol. The molecule has 0 amide bonds. The maximum atomic E-state index is 9.36. The Morgan fingerprint density at radius 1 is 1.67 bits per heavy atom. The van der Waals surface area contributed by atoms with E-state index >= 15 is 0 Å². The Morgan fingerprint density at radius 3 is 2.83 bits per heavy atom. The van der Waals surface area contributed by atoms with Crippen LogP contribution in [0.1, 0.15) is 20.3 Å². The molecule has 1 rings (SSSR count). The largest absolute Gasteiger partial charge is 0.389 e. The molecule has 0 bridgehead atoms. The molecule has 12 heavy (non-hydrogen) atoms. The summed E-state index contributed by atoms with van der Waals surface area (Å²) in [4.78, 5) is 0. The van der Waals surface area contributed by atoms with Gasteiger partial charge in [-0.05, 0) is 19.3 Å². The second-order valence-electron chi connectivity index (χ2n) is 3.54. The minimum atomic E-state index is -0.349. The predicted octanol–water partition coefficient (Wildman–Crippen LogP) is 0.382. The van der Waals surface area contributed by atoms with Crippen molar-refractivity contribution in [2.75, 3.05) is 19.8 Å². The minimum Gasteiger partial charge on any atom is -0.389 e. The number of aliphatic hydroxyl groups excluding tert-OH is 1. The number of hydrogen-bond donors (Lipinski definition) is 2. The van der Waals surface area contributed by atoms with Gasteiger partial charge in [0.15, 0.2) is 0 Å². The second-order valence-corrected chi connectivity index (χ2v) is 3.54. The first kappa shape index (κ1) is 9.96. The molecule has 2 N–H and O–H groups in total. The Hall–Kier alpha value is -0.120. The zero-order valence-corrected chi connectivity index (χ0v) is 7.92. The number of aliphatic hydroxyl groups is 1. The first-order valence-electron chi connectivity index (χ1n) is 4.73. The number of rotatable bonds is 6. The van der Waals surface area contributed by atoms with Gasteiger partial charge in [-0.2, -0.15) is 0 Å². The number of ether oxygens (including phenoxy) is 1. The zero-order chi connectivity index (χ0) is 8.97. The smallest absolute Gasteiger partial charge is 0.0897 e. The van der Waals surface area contributed by atoms with Gasteiger partial charge >= 0.3 is 0 Å². The SMILES string of the molecule is CCOCC(O)CNC1CC1C. The Balaban J connectivity index is 1.91. The third kappa shape index (κ3) is 3.52. The normalized spacial score (nSPS) is 30.2. The molecular formula is C9H19NO2. The topological polar surface area (TPSA) is 41.5 Å². The molecule has 3 atom stereocenters. The lowest BCUT2D eigenvalue weighted by atomic mass is 10.3. The van der Waals surface area contributed by atoms with Crippen molar-refractivity contribution in [3.63, 3.8) is 0 Å². The molecule has 0 radical (unpaired) electrons. The van der Waals surface area contributed by atoms with Gasteiger partial charge in [-0.1, -0.05) is 6.92 Å². The van der Waals surface area contributed by atoms with Crippen LogP contribution in [0, 0.1) is 5.92 Å². The van der Waals surface area contributed by atoms with Crippen molar-refractivity contribution < 1.29 is 9.84 Å². The van der Waals surface area contributed by atoms with Crippen LogP contribution in [0.4, 0.5) is 0 Å². The Bertz CT molecular complexity index is 130. The maximum absolute atomic E-state index is 9.36. The lowest BCUT2D eigenvalue weighted by Crippen LogP contribution is -2.32. The van der Waals surface area contributed by atoms with Gasteiger partial charge in [-0.3, -0.25) is 0 Å². The molecule has 0 aliphatic heterocycles. The predicted molar refractivity (Wildman–Crippen MR) is 48.1 cm³/mol. The van der Waals surface area contributed by atoms with Gasteiger partial charge in [0.25, 0.3) is 0 Å². The van der Waals surface area contributed by atoms with E-state index in [-0.39, 0.29) is 6.10 Å². The van der Waals surface area contributed by atoms with Crippen molar-refractivity contribution in [3.8, 4) is 0 Å². The molecule has 1 saturated carbocycles. The van der Waals surface area contributed by atoms with Gasteiger partial charge in [-0.25, -0.2) is 0 Å². The van der Waals surface area contributed by atoms with Crippen molar-refractivity contribution in [2.45, 2.75) is 32.4 Å². The highest BCUT2D eigenvalue weighted by atomic mass is 16.5. The zero-order valence-electron chi connectivity index (χ0n) is 7.92. The average molecular weight is 173 g/mol. The van der Waals surface area contributed by atoms with Gasteiger partial charge in [0, 0.05) is 19.2 Å². The van der Waals surface area contributed by atoms with Gasteiger partial charge in [0.2, 0.25) is 0 Å². The van der Waals surface area contributed by atoms with Crippen LogP contribution in [0.5, 0.6) is 0 Å². The summed E-state index contributed by atoms with van der Waals surface area (Å²) in [6.45, 7) is 5.94. The van der Waals surface area contributed by atoms with Gasteiger partial charge in [-0.15, -0.1) is 0 Å². The van der Waals surface area contributed by atoms with Crippen molar-refractivity contribution in [2.24, 2.45) is 5.92 Å². The summed E-state index contributed by atoms with van der Waals surface area (Å²) in [5, 5.41) is 12.6. The van der Waals surface area contributed by atoms with Crippen molar-refractivity contribution in [1.82, 2.24) is 5.32 Å². The summed E-state index contributed by atoms with van der Waals surface area (Å²) in [5.41, 5.74) is 0. The summed E-state index contributed by atoms with van der Waals surface area (Å²) < 4.78 is 5.08. The average Bonchev–Trinajstić information content (AvgIpc) is 2.75. The van der Waals surface area contributed by atoms with E-state index in [2.05, 4.69) is 12.2 Å². The third-order valence-electron chi connectivity index (χ3n) is 2.24. The summed E-state index contributed by atoms with van der Waals surface area (Å²) in [6, 6.07) is 0.640. The fraction of sp³-hybridized carbons (Fsp3) is 1.00. The molecule has 1 fully saturated rings. The molecule has 0 saturated heterocycles. The van der Waals surface area contributed by atoms with E-state index < -0.39 is 0 Å². The highest BCUT2D eigenvalue weighted by Crippen LogP contribution is 2.28. The van der Waals surface area contributed by atoms with Crippen LogP contribution in [0.25, 0.3) is 0 Å².